The number of likely N-dealkylation sites (tertiary alicyclic amines) is 1. The molecule has 90 valence electrons. The third-order valence-corrected chi connectivity index (χ3v) is 4.59. The molecule has 0 bridgehead atoms. The fraction of sp³-hybridized carbons (Fsp3) is 0.750. The number of rotatable bonds is 3. The molecule has 1 aromatic heterocycles. The lowest BCUT2D eigenvalue weighted by atomic mass is 9.99. The van der Waals surface area contributed by atoms with Crippen LogP contribution in [0.5, 0.6) is 0 Å². The van der Waals surface area contributed by atoms with Gasteiger partial charge in [-0.3, -0.25) is 0 Å². The molecule has 2 rings (SSSR count). The lowest BCUT2D eigenvalue weighted by Gasteiger charge is -2.30. The topological polar surface area (TPSA) is 36.4 Å². The van der Waals surface area contributed by atoms with E-state index in [4.69, 9.17) is 0 Å². The molecule has 0 saturated carbocycles. The van der Waals surface area contributed by atoms with Crippen LogP contribution >= 0.6 is 11.3 Å². The summed E-state index contributed by atoms with van der Waals surface area (Å²) in [5.74, 6) is 0.575. The molecule has 1 saturated heterocycles. The van der Waals surface area contributed by atoms with Crippen molar-refractivity contribution in [2.75, 3.05) is 19.6 Å². The van der Waals surface area contributed by atoms with Gasteiger partial charge in [-0.25, -0.2) is 4.98 Å². The van der Waals surface area contributed by atoms with Crippen LogP contribution in [0, 0.1) is 0 Å². The summed E-state index contributed by atoms with van der Waals surface area (Å²) >= 11 is 1.67. The molecule has 2 heterocycles. The second-order valence-electron chi connectivity index (χ2n) is 4.51. The lowest BCUT2D eigenvalue weighted by Crippen LogP contribution is -2.33. The Morgan fingerprint density at radius 3 is 3.12 bits per heavy atom. The molecule has 16 heavy (non-hydrogen) atoms. The van der Waals surface area contributed by atoms with Crippen molar-refractivity contribution < 1.29 is 5.11 Å². The summed E-state index contributed by atoms with van der Waals surface area (Å²) in [5.41, 5.74) is 0. The van der Waals surface area contributed by atoms with Crippen LogP contribution in [0.15, 0.2) is 6.20 Å². The van der Waals surface area contributed by atoms with Gasteiger partial charge in [0.2, 0.25) is 0 Å². The van der Waals surface area contributed by atoms with Crippen LogP contribution in [-0.4, -0.2) is 34.6 Å². The first-order valence-electron chi connectivity index (χ1n) is 6.06. The highest BCUT2D eigenvalue weighted by atomic mass is 32.1. The van der Waals surface area contributed by atoms with Gasteiger partial charge in [0.15, 0.2) is 0 Å². The van der Waals surface area contributed by atoms with Crippen LogP contribution in [0.3, 0.4) is 0 Å². The number of nitrogens with zero attached hydrogens (tertiary/aromatic N) is 2. The Balaban J connectivity index is 2.05. The van der Waals surface area contributed by atoms with E-state index < -0.39 is 0 Å². The maximum absolute atomic E-state index is 9.49. The van der Waals surface area contributed by atoms with E-state index in [0.29, 0.717) is 5.92 Å². The zero-order chi connectivity index (χ0) is 11.5. The number of piperidine rings is 1. The molecule has 2 atom stereocenters. The first-order valence-corrected chi connectivity index (χ1v) is 6.88. The van der Waals surface area contributed by atoms with Gasteiger partial charge in [-0.2, -0.15) is 0 Å². The van der Waals surface area contributed by atoms with E-state index in [1.54, 1.807) is 18.3 Å². The molecule has 1 N–H and O–H groups in total. The van der Waals surface area contributed by atoms with Gasteiger partial charge in [0.1, 0.15) is 0 Å². The van der Waals surface area contributed by atoms with E-state index >= 15 is 0 Å². The second-order valence-corrected chi connectivity index (χ2v) is 5.60. The molecular weight excluding hydrogens is 220 g/mol. The monoisotopic (exact) mass is 240 g/mol. The predicted octanol–water partition coefficient (Wildman–Crippen LogP) is 2.40. The van der Waals surface area contributed by atoms with Gasteiger partial charge in [0.05, 0.1) is 16.0 Å². The Morgan fingerprint density at radius 1 is 1.69 bits per heavy atom. The Bertz CT molecular complexity index is 338. The Kier molecular flexibility index (Phi) is 3.95. The maximum atomic E-state index is 9.49. The lowest BCUT2D eigenvalue weighted by molar-refractivity contribution is 0.203. The summed E-state index contributed by atoms with van der Waals surface area (Å²) in [6.07, 6.45) is 3.96. The highest BCUT2D eigenvalue weighted by molar-refractivity contribution is 7.11. The highest BCUT2D eigenvalue weighted by Crippen LogP contribution is 2.31. The van der Waals surface area contributed by atoms with Crippen molar-refractivity contribution in [3.63, 3.8) is 0 Å². The summed E-state index contributed by atoms with van der Waals surface area (Å²) in [5, 5.41) is 10.7. The van der Waals surface area contributed by atoms with Crippen LogP contribution < -0.4 is 0 Å². The van der Waals surface area contributed by atoms with Crippen molar-refractivity contribution in [3.8, 4) is 0 Å². The summed E-state index contributed by atoms with van der Waals surface area (Å²) in [7, 11) is 0. The molecule has 4 heteroatoms. The Morgan fingerprint density at radius 2 is 2.50 bits per heavy atom. The van der Waals surface area contributed by atoms with Gasteiger partial charge in [0, 0.05) is 18.7 Å². The average molecular weight is 240 g/mol. The highest BCUT2D eigenvalue weighted by Gasteiger charge is 2.23. The molecule has 0 aromatic carbocycles. The molecule has 3 nitrogen and oxygen atoms in total. The first kappa shape index (κ1) is 12.0. The fourth-order valence-electron chi connectivity index (χ4n) is 2.23. The SMILES string of the molecule is CCN1CCCC(c2ncc(C(C)O)s2)C1. The molecule has 0 aliphatic carbocycles. The molecule has 1 aliphatic rings. The average Bonchev–Trinajstić information content (AvgIpc) is 2.78. The van der Waals surface area contributed by atoms with Crippen molar-refractivity contribution in [1.29, 1.82) is 0 Å². The summed E-state index contributed by atoms with van der Waals surface area (Å²) in [6.45, 7) is 7.50. The number of thiazole rings is 1. The maximum Gasteiger partial charge on any atom is 0.0972 e. The van der Waals surface area contributed by atoms with Crippen molar-refractivity contribution in [2.24, 2.45) is 0 Å². The fourth-order valence-corrected chi connectivity index (χ4v) is 3.21. The molecule has 0 spiro atoms. The number of aliphatic hydroxyl groups is 1. The third kappa shape index (κ3) is 2.62. The van der Waals surface area contributed by atoms with Gasteiger partial charge >= 0.3 is 0 Å². The Hall–Kier alpha value is -0.450. The number of aliphatic hydroxyl groups excluding tert-OH is 1. The normalized spacial score (nSPS) is 24.6. The van der Waals surface area contributed by atoms with Crippen LogP contribution in [0.4, 0.5) is 0 Å². The molecule has 1 aromatic rings. The molecule has 1 aliphatic heterocycles. The van der Waals surface area contributed by atoms with Crippen molar-refractivity contribution in [2.45, 2.75) is 38.7 Å². The number of likely N-dealkylation sites (N-methyl/N-ethyl adjacent to an activating group) is 1. The third-order valence-electron chi connectivity index (χ3n) is 3.26. The minimum absolute atomic E-state index is 0.378. The van der Waals surface area contributed by atoms with Crippen LogP contribution in [0.25, 0.3) is 0 Å². The van der Waals surface area contributed by atoms with E-state index in [1.807, 2.05) is 6.20 Å². The minimum atomic E-state index is -0.378. The van der Waals surface area contributed by atoms with Gasteiger partial charge in [0.25, 0.3) is 0 Å². The first-order chi connectivity index (χ1) is 7.70. The second kappa shape index (κ2) is 5.25. The quantitative estimate of drug-likeness (QED) is 0.881. The smallest absolute Gasteiger partial charge is 0.0972 e. The largest absolute Gasteiger partial charge is 0.388 e. The minimum Gasteiger partial charge on any atom is -0.388 e. The van der Waals surface area contributed by atoms with E-state index in [0.717, 1.165) is 18.0 Å². The van der Waals surface area contributed by atoms with Crippen molar-refractivity contribution in [1.82, 2.24) is 9.88 Å². The van der Waals surface area contributed by atoms with Crippen molar-refractivity contribution in [3.05, 3.63) is 16.1 Å². The number of aromatic nitrogens is 1. The molecule has 0 amide bonds. The number of hydrogen-bond donors (Lipinski definition) is 1. The standard InChI is InChI=1S/C12H20N2OS/c1-3-14-6-4-5-10(8-14)12-13-7-11(16-12)9(2)15/h7,9-10,15H,3-6,8H2,1-2H3. The summed E-state index contributed by atoms with van der Waals surface area (Å²) in [4.78, 5) is 7.93. The molecule has 0 radical (unpaired) electrons. The molecule has 1 fully saturated rings. The zero-order valence-corrected chi connectivity index (χ0v) is 10.8. The zero-order valence-electron chi connectivity index (χ0n) is 10.0. The Labute approximate surface area is 101 Å². The van der Waals surface area contributed by atoms with Crippen LogP contribution in [0.2, 0.25) is 0 Å². The number of hydrogen-bond acceptors (Lipinski definition) is 4. The summed E-state index contributed by atoms with van der Waals surface area (Å²) < 4.78 is 0. The van der Waals surface area contributed by atoms with E-state index in [-0.39, 0.29) is 6.10 Å². The van der Waals surface area contributed by atoms with E-state index in [9.17, 15) is 5.11 Å². The van der Waals surface area contributed by atoms with E-state index in [1.165, 1.54) is 24.4 Å². The predicted molar refractivity (Wildman–Crippen MR) is 66.8 cm³/mol. The van der Waals surface area contributed by atoms with Gasteiger partial charge in [-0.05, 0) is 32.9 Å². The van der Waals surface area contributed by atoms with Crippen molar-refractivity contribution >= 4 is 11.3 Å². The van der Waals surface area contributed by atoms with Gasteiger partial charge in [-0.1, -0.05) is 6.92 Å². The summed E-state index contributed by atoms with van der Waals surface area (Å²) in [6, 6.07) is 0. The molecular formula is C12H20N2OS. The van der Waals surface area contributed by atoms with E-state index in [2.05, 4.69) is 16.8 Å². The van der Waals surface area contributed by atoms with Crippen LogP contribution in [-0.2, 0) is 0 Å². The van der Waals surface area contributed by atoms with Crippen LogP contribution in [0.1, 0.15) is 48.6 Å². The van der Waals surface area contributed by atoms with Gasteiger partial charge in [-0.15, -0.1) is 11.3 Å². The van der Waals surface area contributed by atoms with Gasteiger partial charge < -0.3 is 10.0 Å². The molecule has 2 unspecified atom stereocenters.